The van der Waals surface area contributed by atoms with E-state index in [0.29, 0.717) is 0 Å². The zero-order valence-electron chi connectivity index (χ0n) is 8.02. The minimum absolute atomic E-state index is 0.918. The molecule has 2 saturated carbocycles. The zero-order valence-corrected chi connectivity index (χ0v) is 8.02. The zero-order chi connectivity index (χ0) is 8.39. The van der Waals surface area contributed by atoms with Crippen molar-refractivity contribution < 1.29 is 0 Å². The third-order valence-corrected chi connectivity index (χ3v) is 3.76. The van der Waals surface area contributed by atoms with Crippen molar-refractivity contribution in [2.24, 2.45) is 11.8 Å². The summed E-state index contributed by atoms with van der Waals surface area (Å²) in [6.07, 6.45) is 11.6. The average molecular weight is 164 g/mol. The Morgan fingerprint density at radius 2 is 1.58 bits per heavy atom. The van der Waals surface area contributed by atoms with Crippen LogP contribution in [0.5, 0.6) is 0 Å². The molecule has 68 valence electrons. The fourth-order valence-electron chi connectivity index (χ4n) is 3.03. The summed E-state index contributed by atoms with van der Waals surface area (Å²) >= 11 is 0. The lowest BCUT2D eigenvalue weighted by molar-refractivity contribution is 0.263. The molecule has 0 nitrogen and oxygen atoms in total. The van der Waals surface area contributed by atoms with Crippen molar-refractivity contribution in [2.75, 3.05) is 0 Å². The summed E-state index contributed by atoms with van der Waals surface area (Å²) in [5.41, 5.74) is 1.58. The summed E-state index contributed by atoms with van der Waals surface area (Å²) < 4.78 is 0. The fraction of sp³-hybridized carbons (Fsp3) is 0.833. The monoisotopic (exact) mass is 164 g/mol. The first-order valence-electron chi connectivity index (χ1n) is 5.55. The van der Waals surface area contributed by atoms with Crippen LogP contribution in [-0.2, 0) is 0 Å². The van der Waals surface area contributed by atoms with Crippen LogP contribution in [0.2, 0.25) is 0 Å². The highest BCUT2D eigenvalue weighted by atomic mass is 14.3. The van der Waals surface area contributed by atoms with E-state index in [2.05, 4.69) is 6.58 Å². The van der Waals surface area contributed by atoms with Gasteiger partial charge in [0.1, 0.15) is 0 Å². The van der Waals surface area contributed by atoms with Gasteiger partial charge in [-0.15, -0.1) is 0 Å². The highest BCUT2D eigenvalue weighted by Crippen LogP contribution is 2.41. The van der Waals surface area contributed by atoms with Crippen LogP contribution in [0.15, 0.2) is 12.2 Å². The molecule has 0 heterocycles. The van der Waals surface area contributed by atoms with Crippen molar-refractivity contribution in [3.63, 3.8) is 0 Å². The van der Waals surface area contributed by atoms with Crippen LogP contribution >= 0.6 is 0 Å². The lowest BCUT2D eigenvalue weighted by Gasteiger charge is -2.31. The number of hydrogen-bond donors (Lipinski definition) is 0. The number of hydrogen-bond acceptors (Lipinski definition) is 0. The Kier molecular flexibility index (Phi) is 2.53. The topological polar surface area (TPSA) is 0 Å². The van der Waals surface area contributed by atoms with Gasteiger partial charge in [0.05, 0.1) is 0 Å². The molecule has 0 N–H and O–H groups in total. The second-order valence-electron chi connectivity index (χ2n) is 4.56. The first-order chi connectivity index (χ1) is 5.88. The van der Waals surface area contributed by atoms with Gasteiger partial charge in [0, 0.05) is 0 Å². The number of allylic oxidation sites excluding steroid dienone is 1. The molecule has 0 aliphatic heterocycles. The van der Waals surface area contributed by atoms with E-state index < -0.39 is 0 Å². The van der Waals surface area contributed by atoms with Gasteiger partial charge < -0.3 is 0 Å². The molecule has 2 aliphatic carbocycles. The van der Waals surface area contributed by atoms with E-state index in [0.717, 1.165) is 11.8 Å². The van der Waals surface area contributed by atoms with Gasteiger partial charge in [-0.25, -0.2) is 0 Å². The van der Waals surface area contributed by atoms with Crippen LogP contribution < -0.4 is 0 Å². The Hall–Kier alpha value is -0.260. The summed E-state index contributed by atoms with van der Waals surface area (Å²) in [5.74, 6) is 1.94. The van der Waals surface area contributed by atoms with Gasteiger partial charge in [-0.2, -0.15) is 0 Å². The molecule has 2 aliphatic rings. The predicted molar refractivity (Wildman–Crippen MR) is 53.1 cm³/mol. The van der Waals surface area contributed by atoms with Crippen molar-refractivity contribution >= 4 is 0 Å². The molecule has 0 radical (unpaired) electrons. The highest BCUT2D eigenvalue weighted by Gasteiger charge is 2.28. The van der Waals surface area contributed by atoms with Gasteiger partial charge in [-0.05, 0) is 43.9 Å². The van der Waals surface area contributed by atoms with E-state index in [4.69, 9.17) is 0 Å². The van der Waals surface area contributed by atoms with Gasteiger partial charge in [0.2, 0.25) is 0 Å². The number of rotatable bonds is 0. The van der Waals surface area contributed by atoms with E-state index in [1.165, 1.54) is 51.4 Å². The Balaban J connectivity index is 2.06. The van der Waals surface area contributed by atoms with Crippen molar-refractivity contribution in [1.29, 1.82) is 0 Å². The molecule has 0 amide bonds. The summed E-state index contributed by atoms with van der Waals surface area (Å²) in [4.78, 5) is 0. The maximum absolute atomic E-state index is 4.26. The lowest BCUT2D eigenvalue weighted by atomic mass is 9.75. The van der Waals surface area contributed by atoms with Gasteiger partial charge >= 0.3 is 0 Å². The molecule has 0 aromatic rings. The molecule has 0 aromatic heterocycles. The van der Waals surface area contributed by atoms with Crippen molar-refractivity contribution in [3.8, 4) is 0 Å². The lowest BCUT2D eigenvalue weighted by Crippen LogP contribution is -2.19. The largest absolute Gasteiger partial charge is 0.0996 e. The van der Waals surface area contributed by atoms with E-state index >= 15 is 0 Å². The minimum atomic E-state index is 0.918. The minimum Gasteiger partial charge on any atom is -0.0996 e. The Bertz CT molecular complexity index is 169. The third kappa shape index (κ3) is 1.57. The van der Waals surface area contributed by atoms with Gasteiger partial charge in [0.15, 0.2) is 0 Å². The summed E-state index contributed by atoms with van der Waals surface area (Å²) in [5, 5.41) is 0. The molecule has 0 saturated heterocycles. The summed E-state index contributed by atoms with van der Waals surface area (Å²) in [6, 6.07) is 0. The SMILES string of the molecule is C=C1CCCC[C@H]2CCCC[C@@H]12. The maximum atomic E-state index is 4.26. The van der Waals surface area contributed by atoms with Crippen molar-refractivity contribution in [1.82, 2.24) is 0 Å². The van der Waals surface area contributed by atoms with E-state index in [1.807, 2.05) is 0 Å². The molecule has 12 heavy (non-hydrogen) atoms. The molecule has 0 aromatic carbocycles. The second kappa shape index (κ2) is 3.64. The average Bonchev–Trinajstić information content (AvgIpc) is 2.29. The van der Waals surface area contributed by atoms with Gasteiger partial charge in [-0.3, -0.25) is 0 Å². The molecular formula is C12H20. The van der Waals surface area contributed by atoms with Crippen LogP contribution in [0, 0.1) is 11.8 Å². The van der Waals surface area contributed by atoms with Crippen LogP contribution in [0.3, 0.4) is 0 Å². The van der Waals surface area contributed by atoms with Crippen molar-refractivity contribution in [2.45, 2.75) is 51.4 Å². The van der Waals surface area contributed by atoms with Crippen LogP contribution in [0.1, 0.15) is 51.4 Å². The summed E-state index contributed by atoms with van der Waals surface area (Å²) in [7, 11) is 0. The van der Waals surface area contributed by atoms with Crippen LogP contribution in [-0.4, -0.2) is 0 Å². The van der Waals surface area contributed by atoms with Crippen LogP contribution in [0.4, 0.5) is 0 Å². The molecular weight excluding hydrogens is 144 g/mol. The standard InChI is InChI=1S/C12H20/c1-10-6-2-3-7-11-8-4-5-9-12(10)11/h11-12H,1-9H2/t11-,12-/m0/s1. The van der Waals surface area contributed by atoms with Crippen LogP contribution in [0.25, 0.3) is 0 Å². The second-order valence-corrected chi connectivity index (χ2v) is 4.56. The van der Waals surface area contributed by atoms with Crippen molar-refractivity contribution in [3.05, 3.63) is 12.2 Å². The Morgan fingerprint density at radius 1 is 0.917 bits per heavy atom. The highest BCUT2D eigenvalue weighted by molar-refractivity contribution is 5.05. The summed E-state index contributed by atoms with van der Waals surface area (Å²) in [6.45, 7) is 4.26. The molecule has 0 bridgehead atoms. The van der Waals surface area contributed by atoms with Gasteiger partial charge in [-0.1, -0.05) is 31.4 Å². The first-order valence-corrected chi connectivity index (χ1v) is 5.55. The van der Waals surface area contributed by atoms with Gasteiger partial charge in [0.25, 0.3) is 0 Å². The first kappa shape index (κ1) is 8.34. The Morgan fingerprint density at radius 3 is 2.42 bits per heavy atom. The molecule has 0 spiro atoms. The molecule has 2 atom stereocenters. The molecule has 2 rings (SSSR count). The number of fused-ring (bicyclic) bond motifs is 1. The predicted octanol–water partition coefficient (Wildman–Crippen LogP) is 3.92. The smallest absolute Gasteiger partial charge is 0.0178 e. The fourth-order valence-corrected chi connectivity index (χ4v) is 3.03. The van der Waals surface area contributed by atoms with E-state index in [9.17, 15) is 0 Å². The molecule has 0 unspecified atom stereocenters. The maximum Gasteiger partial charge on any atom is -0.0178 e. The van der Waals surface area contributed by atoms with E-state index in [1.54, 1.807) is 5.57 Å². The third-order valence-electron chi connectivity index (χ3n) is 3.76. The normalized spacial score (nSPS) is 37.2. The Labute approximate surface area is 76.1 Å². The molecule has 0 heteroatoms. The van der Waals surface area contributed by atoms with E-state index in [-0.39, 0.29) is 0 Å². The molecule has 2 fully saturated rings. The quantitative estimate of drug-likeness (QED) is 0.476.